The third-order valence-electron chi connectivity index (χ3n) is 1.06. The van der Waals surface area contributed by atoms with Crippen molar-refractivity contribution in [2.24, 2.45) is 0 Å². The molecule has 1 aromatic rings. The summed E-state index contributed by atoms with van der Waals surface area (Å²) >= 11 is 0. The van der Waals surface area contributed by atoms with E-state index in [1.807, 2.05) is 30.3 Å². The predicted octanol–water partition coefficient (Wildman–Crippen LogP) is 1.46. The first-order valence-electron chi connectivity index (χ1n) is 2.97. The third kappa shape index (κ3) is 1.90. The van der Waals surface area contributed by atoms with Crippen molar-refractivity contribution in [2.45, 2.75) is 0 Å². The van der Waals surface area contributed by atoms with Crippen LogP contribution in [0.2, 0.25) is 0 Å². The Morgan fingerprint density at radius 3 is 2.40 bits per heavy atom. The van der Waals surface area contributed by atoms with Crippen LogP contribution in [-0.2, 0) is 4.79 Å². The van der Waals surface area contributed by atoms with Gasteiger partial charge in [0.1, 0.15) is 0 Å². The molecule has 2 heteroatoms. The quantitative estimate of drug-likeness (QED) is 0.619. The lowest BCUT2D eigenvalue weighted by atomic mass is 10.3. The minimum atomic E-state index is -0.286. The SMILES string of the molecule is [CH2]C(=O)Nc1ccccc1. The van der Waals surface area contributed by atoms with Crippen LogP contribution in [0.25, 0.3) is 0 Å². The number of carbonyl (C=O) groups excluding carboxylic acids is 1. The van der Waals surface area contributed by atoms with Gasteiger partial charge in [0.15, 0.2) is 0 Å². The van der Waals surface area contributed by atoms with Gasteiger partial charge in [0.05, 0.1) is 0 Å². The van der Waals surface area contributed by atoms with Gasteiger partial charge in [-0.3, -0.25) is 4.79 Å². The standard InChI is InChI=1S/C8H8NO/c1-7(10)9-8-5-3-2-4-6-8/h2-6H,1H2,(H,9,10). The summed E-state index contributed by atoms with van der Waals surface area (Å²) in [6, 6.07) is 9.21. The van der Waals surface area contributed by atoms with Crippen LogP contribution in [0.5, 0.6) is 0 Å². The summed E-state index contributed by atoms with van der Waals surface area (Å²) in [5, 5.41) is 2.55. The van der Waals surface area contributed by atoms with E-state index >= 15 is 0 Å². The van der Waals surface area contributed by atoms with Crippen LogP contribution in [0.1, 0.15) is 0 Å². The number of hydrogen-bond donors (Lipinski definition) is 1. The van der Waals surface area contributed by atoms with Gasteiger partial charge in [-0.05, 0) is 12.1 Å². The molecule has 0 bridgehead atoms. The summed E-state index contributed by atoms with van der Waals surface area (Å²) in [4.78, 5) is 10.4. The summed E-state index contributed by atoms with van der Waals surface area (Å²) in [7, 11) is 0. The summed E-state index contributed by atoms with van der Waals surface area (Å²) in [6.07, 6.45) is 0. The van der Waals surface area contributed by atoms with Crippen LogP contribution in [0.3, 0.4) is 0 Å². The van der Waals surface area contributed by atoms with E-state index in [9.17, 15) is 4.79 Å². The molecule has 0 heterocycles. The number of rotatable bonds is 1. The van der Waals surface area contributed by atoms with Crippen LogP contribution in [0.4, 0.5) is 5.69 Å². The molecular formula is C8H8NO. The third-order valence-corrected chi connectivity index (χ3v) is 1.06. The van der Waals surface area contributed by atoms with Crippen LogP contribution in [0.15, 0.2) is 30.3 Å². The molecule has 0 saturated carbocycles. The van der Waals surface area contributed by atoms with Crippen LogP contribution >= 0.6 is 0 Å². The molecule has 0 atom stereocenters. The number of hydrogen-bond acceptors (Lipinski definition) is 1. The minimum absolute atomic E-state index is 0.286. The molecule has 1 radical (unpaired) electrons. The summed E-state index contributed by atoms with van der Waals surface area (Å²) < 4.78 is 0. The molecule has 0 spiro atoms. The van der Waals surface area contributed by atoms with Gasteiger partial charge in [-0.2, -0.15) is 0 Å². The predicted molar refractivity (Wildman–Crippen MR) is 40.4 cm³/mol. The van der Waals surface area contributed by atoms with E-state index in [1.54, 1.807) is 0 Å². The maximum atomic E-state index is 10.4. The maximum Gasteiger partial charge on any atom is 0.224 e. The molecule has 0 aliphatic carbocycles. The Hall–Kier alpha value is -1.31. The molecule has 0 fully saturated rings. The lowest BCUT2D eigenvalue weighted by Gasteiger charge is -1.98. The zero-order chi connectivity index (χ0) is 7.40. The van der Waals surface area contributed by atoms with E-state index in [1.165, 1.54) is 0 Å². The van der Waals surface area contributed by atoms with E-state index in [2.05, 4.69) is 12.2 Å². The molecule has 0 aromatic heterocycles. The van der Waals surface area contributed by atoms with Crippen molar-refractivity contribution < 1.29 is 4.79 Å². The zero-order valence-corrected chi connectivity index (χ0v) is 5.50. The summed E-state index contributed by atoms with van der Waals surface area (Å²) in [6.45, 7) is 3.18. The Kier molecular flexibility index (Phi) is 2.05. The molecule has 0 unspecified atom stereocenters. The van der Waals surface area contributed by atoms with Crippen molar-refractivity contribution in [3.8, 4) is 0 Å². The monoisotopic (exact) mass is 134 g/mol. The Morgan fingerprint density at radius 1 is 1.30 bits per heavy atom. The van der Waals surface area contributed by atoms with Gasteiger partial charge < -0.3 is 5.32 Å². The molecule has 0 aliphatic heterocycles. The highest BCUT2D eigenvalue weighted by Crippen LogP contribution is 2.03. The van der Waals surface area contributed by atoms with Crippen molar-refractivity contribution in [3.05, 3.63) is 37.3 Å². The molecular weight excluding hydrogens is 126 g/mol. The number of amides is 1. The van der Waals surface area contributed by atoms with E-state index in [0.29, 0.717) is 0 Å². The molecule has 1 N–H and O–H groups in total. The number of para-hydroxylation sites is 1. The average Bonchev–Trinajstić information content (AvgIpc) is 1.88. The zero-order valence-electron chi connectivity index (χ0n) is 5.50. The Labute approximate surface area is 59.9 Å². The Morgan fingerprint density at radius 2 is 1.90 bits per heavy atom. The van der Waals surface area contributed by atoms with E-state index in [4.69, 9.17) is 0 Å². The summed E-state index contributed by atoms with van der Waals surface area (Å²) in [5.74, 6) is -0.286. The van der Waals surface area contributed by atoms with E-state index < -0.39 is 0 Å². The number of benzene rings is 1. The van der Waals surface area contributed by atoms with Gasteiger partial charge in [0.2, 0.25) is 5.91 Å². The molecule has 0 saturated heterocycles. The number of nitrogens with one attached hydrogen (secondary N) is 1. The van der Waals surface area contributed by atoms with Crippen molar-refractivity contribution in [1.82, 2.24) is 0 Å². The van der Waals surface area contributed by atoms with Gasteiger partial charge in [-0.1, -0.05) is 18.2 Å². The molecule has 10 heavy (non-hydrogen) atoms. The number of anilines is 1. The van der Waals surface area contributed by atoms with Crippen molar-refractivity contribution in [3.63, 3.8) is 0 Å². The number of carbonyl (C=O) groups is 1. The molecule has 51 valence electrons. The Balaban J connectivity index is 2.67. The highest BCUT2D eigenvalue weighted by molar-refractivity contribution is 5.93. The van der Waals surface area contributed by atoms with Crippen LogP contribution < -0.4 is 5.32 Å². The second kappa shape index (κ2) is 3.01. The first kappa shape index (κ1) is 6.81. The first-order valence-corrected chi connectivity index (χ1v) is 2.97. The van der Waals surface area contributed by atoms with Gasteiger partial charge in [0.25, 0.3) is 0 Å². The molecule has 2 nitrogen and oxygen atoms in total. The molecule has 1 aromatic carbocycles. The van der Waals surface area contributed by atoms with Crippen molar-refractivity contribution in [2.75, 3.05) is 5.32 Å². The van der Waals surface area contributed by atoms with Gasteiger partial charge in [-0.15, -0.1) is 0 Å². The maximum absolute atomic E-state index is 10.4. The van der Waals surface area contributed by atoms with Crippen molar-refractivity contribution >= 4 is 11.6 Å². The average molecular weight is 134 g/mol. The van der Waals surface area contributed by atoms with E-state index in [-0.39, 0.29) is 5.91 Å². The lowest BCUT2D eigenvalue weighted by molar-refractivity contribution is -0.112. The van der Waals surface area contributed by atoms with Crippen LogP contribution in [-0.4, -0.2) is 5.91 Å². The lowest BCUT2D eigenvalue weighted by Crippen LogP contribution is -2.05. The highest BCUT2D eigenvalue weighted by atomic mass is 16.1. The smallest absolute Gasteiger partial charge is 0.224 e. The van der Waals surface area contributed by atoms with Crippen LogP contribution in [0, 0.1) is 6.92 Å². The van der Waals surface area contributed by atoms with E-state index in [0.717, 1.165) is 5.69 Å². The van der Waals surface area contributed by atoms with Crippen molar-refractivity contribution in [1.29, 1.82) is 0 Å². The molecule has 1 amide bonds. The minimum Gasteiger partial charge on any atom is -0.326 e. The fourth-order valence-corrected chi connectivity index (χ4v) is 0.682. The highest BCUT2D eigenvalue weighted by Gasteiger charge is 1.90. The molecule has 1 rings (SSSR count). The fraction of sp³-hybridized carbons (Fsp3) is 0. The molecule has 0 aliphatic rings. The topological polar surface area (TPSA) is 29.1 Å². The second-order valence-electron chi connectivity index (χ2n) is 1.91. The van der Waals surface area contributed by atoms with Gasteiger partial charge >= 0.3 is 0 Å². The second-order valence-corrected chi connectivity index (χ2v) is 1.91. The fourth-order valence-electron chi connectivity index (χ4n) is 0.682. The summed E-state index contributed by atoms with van der Waals surface area (Å²) in [5.41, 5.74) is 0.780. The van der Waals surface area contributed by atoms with Gasteiger partial charge in [-0.25, -0.2) is 0 Å². The Bertz CT molecular complexity index is 218. The van der Waals surface area contributed by atoms with Gasteiger partial charge in [0, 0.05) is 12.6 Å². The largest absolute Gasteiger partial charge is 0.326 e. The normalized spacial score (nSPS) is 8.90. The first-order chi connectivity index (χ1) is 4.79.